The van der Waals surface area contributed by atoms with E-state index in [-0.39, 0.29) is 12.5 Å². The second-order valence-electron chi connectivity index (χ2n) is 9.35. The highest BCUT2D eigenvalue weighted by Gasteiger charge is 2.25. The lowest BCUT2D eigenvalue weighted by atomic mass is 9.90. The standard InChI is InChI=1S/C28H31N3O2/c32-18-21-10-13-23-22(16-21)12-14-24-27(23)29-25(17-20-8-4-5-9-20)28(30-24)31-26(33)15-11-19-6-2-1-3-7-19/h1-3,6-7,10,13,16,20,32H,4-5,8-9,11-12,14-15,17-18H2,(H,30,31,33). The number of nitrogens with zero attached hydrogens (tertiary/aromatic N) is 2. The maximum atomic E-state index is 12.8. The van der Waals surface area contributed by atoms with E-state index in [1.165, 1.54) is 31.2 Å². The Morgan fingerprint density at radius 3 is 2.61 bits per heavy atom. The van der Waals surface area contributed by atoms with Crippen molar-refractivity contribution < 1.29 is 9.90 Å². The van der Waals surface area contributed by atoms with Crippen molar-refractivity contribution in [3.8, 4) is 11.3 Å². The molecular formula is C28H31N3O2. The molecule has 5 nitrogen and oxygen atoms in total. The Balaban J connectivity index is 1.42. The van der Waals surface area contributed by atoms with Gasteiger partial charge in [-0.2, -0.15) is 0 Å². The summed E-state index contributed by atoms with van der Waals surface area (Å²) < 4.78 is 0. The molecule has 2 N–H and O–H groups in total. The van der Waals surface area contributed by atoms with Gasteiger partial charge in [-0.3, -0.25) is 4.79 Å². The Kier molecular flexibility index (Phi) is 6.49. The van der Waals surface area contributed by atoms with Crippen LogP contribution < -0.4 is 5.32 Å². The third-order valence-electron chi connectivity index (χ3n) is 6.98. The third-order valence-corrected chi connectivity index (χ3v) is 6.98. The van der Waals surface area contributed by atoms with Gasteiger partial charge < -0.3 is 10.4 Å². The fourth-order valence-electron chi connectivity index (χ4n) is 5.16. The van der Waals surface area contributed by atoms with Crippen molar-refractivity contribution in [2.24, 2.45) is 5.92 Å². The monoisotopic (exact) mass is 441 g/mol. The van der Waals surface area contributed by atoms with Gasteiger partial charge in [0.15, 0.2) is 5.82 Å². The number of carbonyl (C=O) groups excluding carboxylic acids is 1. The molecule has 0 saturated heterocycles. The fourth-order valence-corrected chi connectivity index (χ4v) is 5.16. The van der Waals surface area contributed by atoms with Gasteiger partial charge in [-0.05, 0) is 48.3 Å². The van der Waals surface area contributed by atoms with Crippen molar-refractivity contribution in [3.63, 3.8) is 0 Å². The first-order valence-electron chi connectivity index (χ1n) is 12.2. The van der Waals surface area contributed by atoms with Gasteiger partial charge in [0.1, 0.15) is 0 Å². The number of fused-ring (bicyclic) bond motifs is 3. The Bertz CT molecular complexity index is 1140. The van der Waals surface area contributed by atoms with Gasteiger partial charge in [0.05, 0.1) is 23.7 Å². The summed E-state index contributed by atoms with van der Waals surface area (Å²) in [6.07, 6.45) is 8.64. The smallest absolute Gasteiger partial charge is 0.225 e. The molecule has 0 atom stereocenters. The number of aryl methyl sites for hydroxylation is 3. The Morgan fingerprint density at radius 2 is 1.82 bits per heavy atom. The second-order valence-corrected chi connectivity index (χ2v) is 9.35. The van der Waals surface area contributed by atoms with Crippen LogP contribution in [0.2, 0.25) is 0 Å². The number of anilines is 1. The summed E-state index contributed by atoms with van der Waals surface area (Å²) in [5.74, 6) is 1.25. The fraction of sp³-hybridized carbons (Fsp3) is 0.393. The van der Waals surface area contributed by atoms with Crippen molar-refractivity contribution in [2.75, 3.05) is 5.32 Å². The minimum Gasteiger partial charge on any atom is -0.392 e. The van der Waals surface area contributed by atoms with Crippen LogP contribution in [0.15, 0.2) is 48.5 Å². The summed E-state index contributed by atoms with van der Waals surface area (Å²) in [5.41, 5.74) is 7.22. The van der Waals surface area contributed by atoms with Crippen molar-refractivity contribution in [2.45, 2.75) is 64.4 Å². The van der Waals surface area contributed by atoms with Crippen LogP contribution in [0.25, 0.3) is 11.3 Å². The largest absolute Gasteiger partial charge is 0.392 e. The highest BCUT2D eigenvalue weighted by Crippen LogP contribution is 2.35. The van der Waals surface area contributed by atoms with E-state index in [2.05, 4.69) is 29.6 Å². The number of aliphatic hydroxyl groups is 1. The topological polar surface area (TPSA) is 75.1 Å². The summed E-state index contributed by atoms with van der Waals surface area (Å²) in [6, 6.07) is 16.2. The summed E-state index contributed by atoms with van der Waals surface area (Å²) in [4.78, 5) is 22.9. The highest BCUT2D eigenvalue weighted by atomic mass is 16.3. The molecule has 0 radical (unpaired) electrons. The quantitative estimate of drug-likeness (QED) is 0.539. The number of hydrogen-bond donors (Lipinski definition) is 2. The number of benzene rings is 2. The molecule has 0 aliphatic heterocycles. The number of aliphatic hydroxyl groups excluding tert-OH is 1. The lowest BCUT2D eigenvalue weighted by molar-refractivity contribution is -0.116. The molecule has 33 heavy (non-hydrogen) atoms. The van der Waals surface area contributed by atoms with Gasteiger partial charge in [-0.15, -0.1) is 0 Å². The number of nitrogens with one attached hydrogen (secondary N) is 1. The van der Waals surface area contributed by atoms with Crippen molar-refractivity contribution >= 4 is 11.7 Å². The number of amides is 1. The van der Waals surface area contributed by atoms with Gasteiger partial charge >= 0.3 is 0 Å². The average Bonchev–Trinajstić information content (AvgIpc) is 3.36. The molecule has 2 aliphatic carbocycles. The average molecular weight is 442 g/mol. The Labute approximate surface area is 195 Å². The molecule has 1 heterocycles. The molecule has 2 aromatic carbocycles. The number of hydrogen-bond acceptors (Lipinski definition) is 4. The van der Waals surface area contributed by atoms with E-state index in [1.54, 1.807) is 0 Å². The predicted octanol–water partition coefficient (Wildman–Crippen LogP) is 5.04. The van der Waals surface area contributed by atoms with Crippen LogP contribution in [0.5, 0.6) is 0 Å². The molecule has 3 aromatic rings. The normalized spacial score (nSPS) is 15.2. The third kappa shape index (κ3) is 4.98. The molecule has 1 saturated carbocycles. The molecule has 170 valence electrons. The van der Waals surface area contributed by atoms with E-state index in [0.29, 0.717) is 24.6 Å². The summed E-state index contributed by atoms with van der Waals surface area (Å²) >= 11 is 0. The molecule has 5 heteroatoms. The minimum absolute atomic E-state index is 0.00966. The highest BCUT2D eigenvalue weighted by molar-refractivity contribution is 5.90. The van der Waals surface area contributed by atoms with Crippen LogP contribution in [0, 0.1) is 5.92 Å². The number of rotatable bonds is 7. The minimum atomic E-state index is -0.00966. The van der Waals surface area contributed by atoms with Gasteiger partial charge in [-0.25, -0.2) is 9.97 Å². The molecule has 0 unspecified atom stereocenters. The molecule has 1 amide bonds. The molecular weight excluding hydrogens is 410 g/mol. The molecule has 1 aromatic heterocycles. The van der Waals surface area contributed by atoms with Crippen LogP contribution in [0.1, 0.15) is 60.2 Å². The lowest BCUT2D eigenvalue weighted by Crippen LogP contribution is -2.19. The van der Waals surface area contributed by atoms with E-state index in [0.717, 1.165) is 53.0 Å². The second kappa shape index (κ2) is 9.84. The maximum absolute atomic E-state index is 12.8. The van der Waals surface area contributed by atoms with E-state index in [4.69, 9.17) is 9.97 Å². The first kappa shape index (κ1) is 21.8. The van der Waals surface area contributed by atoms with Crippen LogP contribution >= 0.6 is 0 Å². The summed E-state index contributed by atoms with van der Waals surface area (Å²) in [6.45, 7) is 0.0483. The van der Waals surface area contributed by atoms with Gasteiger partial charge in [-0.1, -0.05) is 74.2 Å². The molecule has 2 aliphatic rings. The zero-order valence-corrected chi connectivity index (χ0v) is 19.0. The zero-order chi connectivity index (χ0) is 22.6. The first-order valence-corrected chi connectivity index (χ1v) is 12.2. The first-order chi connectivity index (χ1) is 16.2. The Morgan fingerprint density at radius 1 is 1.00 bits per heavy atom. The molecule has 0 spiro atoms. The van der Waals surface area contributed by atoms with E-state index < -0.39 is 0 Å². The molecule has 0 bridgehead atoms. The summed E-state index contributed by atoms with van der Waals surface area (Å²) in [7, 11) is 0. The van der Waals surface area contributed by atoms with Crippen LogP contribution in [-0.2, 0) is 37.1 Å². The van der Waals surface area contributed by atoms with Crippen molar-refractivity contribution in [3.05, 3.63) is 76.6 Å². The Hall–Kier alpha value is -3.05. The van der Waals surface area contributed by atoms with Crippen LogP contribution in [0.3, 0.4) is 0 Å². The van der Waals surface area contributed by atoms with Gasteiger partial charge in [0.25, 0.3) is 0 Å². The van der Waals surface area contributed by atoms with Crippen LogP contribution in [-0.4, -0.2) is 21.0 Å². The van der Waals surface area contributed by atoms with Gasteiger partial charge in [0.2, 0.25) is 5.91 Å². The number of aromatic nitrogens is 2. The van der Waals surface area contributed by atoms with E-state index >= 15 is 0 Å². The zero-order valence-electron chi connectivity index (χ0n) is 19.0. The predicted molar refractivity (Wildman–Crippen MR) is 130 cm³/mol. The lowest BCUT2D eigenvalue weighted by Gasteiger charge is -2.22. The van der Waals surface area contributed by atoms with Crippen molar-refractivity contribution in [1.29, 1.82) is 0 Å². The number of carbonyl (C=O) groups is 1. The molecule has 1 fully saturated rings. The van der Waals surface area contributed by atoms with E-state index in [1.807, 2.05) is 24.3 Å². The summed E-state index contributed by atoms with van der Waals surface area (Å²) in [5, 5.41) is 12.6. The van der Waals surface area contributed by atoms with E-state index in [9.17, 15) is 9.90 Å². The van der Waals surface area contributed by atoms with Gasteiger partial charge in [0, 0.05) is 12.0 Å². The maximum Gasteiger partial charge on any atom is 0.225 e. The SMILES string of the molecule is O=C(CCc1ccccc1)Nc1nc2c(nc1CC1CCCC1)-c1ccc(CO)cc1CC2. The van der Waals surface area contributed by atoms with Crippen molar-refractivity contribution in [1.82, 2.24) is 9.97 Å². The molecule has 5 rings (SSSR count). The van der Waals surface area contributed by atoms with Crippen LogP contribution in [0.4, 0.5) is 5.82 Å².